The van der Waals surface area contributed by atoms with Crippen LogP contribution in [0.25, 0.3) is 22.4 Å². The number of piperazine rings is 1. The van der Waals surface area contributed by atoms with Gasteiger partial charge < -0.3 is 19.3 Å². The van der Waals surface area contributed by atoms with Gasteiger partial charge in [-0.25, -0.2) is 13.4 Å². The number of aromatic amines is 1. The number of fused-ring (bicyclic) bond motifs is 1. The Balaban J connectivity index is 1.38. The van der Waals surface area contributed by atoms with E-state index in [-0.39, 0.29) is 55.0 Å². The molecular weight excluding hydrogens is 622 g/mol. The Morgan fingerprint density at radius 3 is 2.57 bits per heavy atom. The molecule has 1 saturated heterocycles. The average molecular weight is 664 g/mol. The number of nitrogens with one attached hydrogen (secondary N) is 1. The number of esters is 1. The van der Waals surface area contributed by atoms with Crippen molar-refractivity contribution in [2.24, 2.45) is 7.05 Å². The number of carbonyl (C=O) groups excluding carboxylic acids is 1. The topological polar surface area (TPSA) is 192 Å². The summed E-state index contributed by atoms with van der Waals surface area (Å²) in [5.41, 5.74) is 1.49. The predicted molar refractivity (Wildman–Crippen MR) is 167 cm³/mol. The highest BCUT2D eigenvalue weighted by Gasteiger charge is 2.30. The van der Waals surface area contributed by atoms with Crippen LogP contribution in [0.3, 0.4) is 0 Å². The van der Waals surface area contributed by atoms with E-state index in [1.807, 2.05) is 18.7 Å². The van der Waals surface area contributed by atoms with Crippen LogP contribution in [0.4, 0.5) is 0 Å². The van der Waals surface area contributed by atoms with Crippen molar-refractivity contribution in [1.29, 1.82) is 0 Å². The van der Waals surface area contributed by atoms with E-state index in [9.17, 15) is 28.1 Å². The Bertz CT molecular complexity index is 1680. The third-order valence-corrected chi connectivity index (χ3v) is 9.51. The fourth-order valence-electron chi connectivity index (χ4n) is 5.31. The first-order valence-corrected chi connectivity index (χ1v) is 16.9. The van der Waals surface area contributed by atoms with Gasteiger partial charge in [0, 0.05) is 46.2 Å². The van der Waals surface area contributed by atoms with Gasteiger partial charge in [0.15, 0.2) is 5.52 Å². The molecule has 46 heavy (non-hydrogen) atoms. The molecule has 2 aromatic heterocycles. The lowest BCUT2D eigenvalue weighted by atomic mass is 10.1. The van der Waals surface area contributed by atoms with E-state index in [4.69, 9.17) is 14.5 Å². The lowest BCUT2D eigenvalue weighted by Crippen LogP contribution is -2.49. The second kappa shape index (κ2) is 16.0. The standard InChI is InChI=1S/C29H41N7O9S/c1-4-9-23-26-27(33(3)32-23)29(38)31-28(30-26)22-20-21(11-12-24(22)43-5-2)46(41,42)35-15-13-34(14-16-35)17-19-44-25(37)10-7-6-8-18-45-36(39)40/h11-12,20H,4-10,13-19H2,1-3H3,(H,30,31,38). The molecule has 1 N–H and O–H groups in total. The number of H-pyrrole nitrogens is 1. The molecular formula is C29H41N7O9S. The zero-order chi connectivity index (χ0) is 33.3. The maximum absolute atomic E-state index is 13.7. The molecule has 0 unspecified atom stereocenters. The third-order valence-electron chi connectivity index (χ3n) is 7.62. The number of sulfonamides is 1. The smallest absolute Gasteiger partial charge is 0.305 e. The first-order valence-electron chi connectivity index (χ1n) is 15.4. The summed E-state index contributed by atoms with van der Waals surface area (Å²) >= 11 is 0. The predicted octanol–water partition coefficient (Wildman–Crippen LogP) is 2.29. The van der Waals surface area contributed by atoms with Gasteiger partial charge in [0.25, 0.3) is 10.6 Å². The van der Waals surface area contributed by atoms with Crippen LogP contribution in [0.5, 0.6) is 5.75 Å². The van der Waals surface area contributed by atoms with Gasteiger partial charge in [-0.05, 0) is 44.4 Å². The van der Waals surface area contributed by atoms with E-state index in [2.05, 4.69) is 14.9 Å². The largest absolute Gasteiger partial charge is 0.493 e. The maximum Gasteiger partial charge on any atom is 0.305 e. The SMILES string of the molecule is CCCc1nn(C)c2c(=O)[nH]c(-c3cc(S(=O)(=O)N4CCN(CCOC(=O)CCCCCO[N+](=O)[O-])CC4)ccc3OCC)nc12. The Kier molecular flexibility index (Phi) is 12.1. The van der Waals surface area contributed by atoms with E-state index >= 15 is 0 Å². The number of unbranched alkanes of at least 4 members (excludes halogenated alkanes) is 2. The quantitative estimate of drug-likeness (QED) is 0.0961. The lowest BCUT2D eigenvalue weighted by Gasteiger charge is -2.33. The van der Waals surface area contributed by atoms with Crippen molar-refractivity contribution < 1.29 is 32.6 Å². The highest BCUT2D eigenvalue weighted by atomic mass is 32.2. The summed E-state index contributed by atoms with van der Waals surface area (Å²) in [5, 5.41) is 13.8. The van der Waals surface area contributed by atoms with Gasteiger partial charge in [0.05, 0.1) is 29.4 Å². The van der Waals surface area contributed by atoms with E-state index in [1.54, 1.807) is 13.1 Å². The molecule has 16 nitrogen and oxygen atoms in total. The molecule has 0 spiro atoms. The van der Waals surface area contributed by atoms with Crippen LogP contribution >= 0.6 is 0 Å². The van der Waals surface area contributed by atoms with Gasteiger partial charge in [-0.3, -0.25) is 19.2 Å². The Morgan fingerprint density at radius 1 is 1.11 bits per heavy atom. The number of hydrogen-bond donors (Lipinski definition) is 1. The Labute approximate surface area is 266 Å². The summed E-state index contributed by atoms with van der Waals surface area (Å²) in [6.45, 7) is 6.25. The monoisotopic (exact) mass is 663 g/mol. The van der Waals surface area contributed by atoms with Crippen LogP contribution < -0.4 is 10.3 Å². The summed E-state index contributed by atoms with van der Waals surface area (Å²) in [4.78, 5) is 49.0. The number of nitrogens with zero attached hydrogens (tertiary/aromatic N) is 6. The third kappa shape index (κ3) is 8.58. The highest BCUT2D eigenvalue weighted by Crippen LogP contribution is 2.32. The number of ether oxygens (including phenoxy) is 2. The minimum atomic E-state index is -3.89. The number of hydrogen-bond acceptors (Lipinski definition) is 12. The van der Waals surface area contributed by atoms with Crippen LogP contribution in [-0.2, 0) is 37.9 Å². The van der Waals surface area contributed by atoms with Crippen LogP contribution in [0, 0.1) is 10.1 Å². The summed E-state index contributed by atoms with van der Waals surface area (Å²) < 4.78 is 41.5. The normalized spacial score (nSPS) is 14.4. The van der Waals surface area contributed by atoms with Crippen molar-refractivity contribution in [2.45, 2.75) is 57.3 Å². The Morgan fingerprint density at radius 2 is 1.87 bits per heavy atom. The second-order valence-corrected chi connectivity index (χ2v) is 12.8. The summed E-state index contributed by atoms with van der Waals surface area (Å²) in [6.07, 6.45) is 3.32. The van der Waals surface area contributed by atoms with E-state index < -0.39 is 15.1 Å². The first kappa shape index (κ1) is 34.8. The minimum Gasteiger partial charge on any atom is -0.493 e. The lowest BCUT2D eigenvalue weighted by molar-refractivity contribution is -0.757. The molecule has 17 heteroatoms. The maximum atomic E-state index is 13.7. The Hall–Kier alpha value is -4.09. The zero-order valence-electron chi connectivity index (χ0n) is 26.4. The van der Waals surface area contributed by atoms with Crippen LogP contribution in [-0.4, -0.2) is 101 Å². The van der Waals surface area contributed by atoms with Crippen molar-refractivity contribution in [3.05, 3.63) is 44.4 Å². The first-order chi connectivity index (χ1) is 22.0. The number of carbonyl (C=O) groups is 1. The van der Waals surface area contributed by atoms with Crippen molar-refractivity contribution in [3.63, 3.8) is 0 Å². The highest BCUT2D eigenvalue weighted by molar-refractivity contribution is 7.89. The molecule has 3 heterocycles. The molecule has 0 saturated carbocycles. The minimum absolute atomic E-state index is 0.00379. The van der Waals surface area contributed by atoms with Gasteiger partial charge >= 0.3 is 5.97 Å². The van der Waals surface area contributed by atoms with Gasteiger partial charge in [-0.1, -0.05) is 19.8 Å². The summed E-state index contributed by atoms with van der Waals surface area (Å²) in [6, 6.07) is 4.56. The van der Waals surface area contributed by atoms with Gasteiger partial charge in [-0.15, -0.1) is 10.1 Å². The van der Waals surface area contributed by atoms with Crippen molar-refractivity contribution in [1.82, 2.24) is 29.0 Å². The fourth-order valence-corrected chi connectivity index (χ4v) is 6.76. The van der Waals surface area contributed by atoms with Crippen LogP contribution in [0.1, 0.15) is 51.6 Å². The number of aryl methyl sites for hydroxylation is 2. The summed E-state index contributed by atoms with van der Waals surface area (Å²) in [5.74, 6) is 0.252. The molecule has 1 aliphatic rings. The van der Waals surface area contributed by atoms with E-state index in [0.717, 1.165) is 6.42 Å². The van der Waals surface area contributed by atoms with Crippen molar-refractivity contribution in [2.75, 3.05) is 52.5 Å². The zero-order valence-corrected chi connectivity index (χ0v) is 27.2. The molecule has 0 radical (unpaired) electrons. The van der Waals surface area contributed by atoms with Crippen LogP contribution in [0.15, 0.2) is 27.9 Å². The van der Waals surface area contributed by atoms with Gasteiger partial charge in [0.1, 0.15) is 23.7 Å². The fraction of sp³-hybridized carbons (Fsp3) is 0.586. The molecule has 1 aromatic carbocycles. The molecule has 252 valence electrons. The average Bonchev–Trinajstić information content (AvgIpc) is 3.34. The van der Waals surface area contributed by atoms with E-state index in [0.29, 0.717) is 80.0 Å². The van der Waals surface area contributed by atoms with Gasteiger partial charge in [-0.2, -0.15) is 9.40 Å². The van der Waals surface area contributed by atoms with Gasteiger partial charge in [0.2, 0.25) is 10.0 Å². The molecule has 4 rings (SSSR count). The molecule has 0 atom stereocenters. The number of rotatable bonds is 17. The molecule has 0 bridgehead atoms. The molecule has 3 aromatic rings. The second-order valence-electron chi connectivity index (χ2n) is 10.9. The molecule has 0 aliphatic carbocycles. The van der Waals surface area contributed by atoms with Crippen LogP contribution in [0.2, 0.25) is 0 Å². The van der Waals surface area contributed by atoms with Crippen molar-refractivity contribution >= 4 is 27.0 Å². The molecule has 0 amide bonds. The number of aromatic nitrogens is 4. The summed E-state index contributed by atoms with van der Waals surface area (Å²) in [7, 11) is -2.20. The molecule has 1 fully saturated rings. The number of benzene rings is 1. The van der Waals surface area contributed by atoms with Crippen molar-refractivity contribution in [3.8, 4) is 17.1 Å². The molecule has 1 aliphatic heterocycles. The van der Waals surface area contributed by atoms with E-state index in [1.165, 1.54) is 21.1 Å².